The topological polar surface area (TPSA) is 85.7 Å². The van der Waals surface area contributed by atoms with Gasteiger partial charge in [-0.15, -0.1) is 0 Å². The number of likely N-dealkylation sites (N-methyl/N-ethyl adjacent to an activating group) is 1. The number of piperidine rings is 1. The maximum absolute atomic E-state index is 13.9. The molecule has 8 unspecified atom stereocenters. The van der Waals surface area contributed by atoms with Gasteiger partial charge in [0.05, 0.1) is 6.17 Å². The van der Waals surface area contributed by atoms with Crippen LogP contribution in [0.25, 0.3) is 0 Å². The summed E-state index contributed by atoms with van der Waals surface area (Å²) in [6.45, 7) is 8.69. The molecule has 2 aliphatic carbocycles. The van der Waals surface area contributed by atoms with Crippen molar-refractivity contribution in [3.63, 3.8) is 0 Å². The van der Waals surface area contributed by atoms with Gasteiger partial charge in [0.2, 0.25) is 5.91 Å². The van der Waals surface area contributed by atoms with Crippen molar-refractivity contribution in [2.24, 2.45) is 35.3 Å². The van der Waals surface area contributed by atoms with Gasteiger partial charge in [0.25, 0.3) is 0 Å². The highest BCUT2D eigenvalue weighted by Crippen LogP contribution is 2.40. The number of alkyl halides is 1. The van der Waals surface area contributed by atoms with Gasteiger partial charge >= 0.3 is 0 Å². The van der Waals surface area contributed by atoms with Crippen LogP contribution in [0, 0.1) is 29.6 Å². The molecule has 7 nitrogen and oxygen atoms in total. The average Bonchev–Trinajstić information content (AvgIpc) is 3.27. The Bertz CT molecular complexity index is 680. The Morgan fingerprint density at radius 3 is 2.66 bits per heavy atom. The van der Waals surface area contributed by atoms with E-state index >= 15 is 0 Å². The second-order valence-electron chi connectivity index (χ2n) is 12.3. The minimum Gasteiger partial charge on any atom is -0.356 e. The molecule has 8 heteroatoms. The SMILES string of the molecule is CC(C)N1NCC2C(C(=O)NCC3CCCC(F)C3)CC(C3CCCC(CN(C)CCN)C3)NC21. The second kappa shape index (κ2) is 12.6. The molecule has 8 atom stereocenters. The summed E-state index contributed by atoms with van der Waals surface area (Å²) in [6, 6.07) is 0.730. The standard InChI is InChI=1S/C27H51FN6O/c1-18(2)34-26-24(16-31-34)23(27(35)30-15-19-6-5-9-22(28)13-19)14-25(32-26)21-8-4-7-20(12-21)17-33(3)11-10-29/h18-26,31-32H,4-17,29H2,1-3H3,(H,30,35). The van der Waals surface area contributed by atoms with Crippen molar-refractivity contribution in [2.45, 2.75) is 96.1 Å². The Labute approximate surface area is 212 Å². The average molecular weight is 495 g/mol. The predicted molar refractivity (Wildman–Crippen MR) is 139 cm³/mol. The molecule has 0 spiro atoms. The molecule has 4 fully saturated rings. The Kier molecular flexibility index (Phi) is 9.83. The number of amides is 1. The lowest BCUT2D eigenvalue weighted by atomic mass is 9.71. The highest BCUT2D eigenvalue weighted by Gasteiger charge is 2.49. The van der Waals surface area contributed by atoms with E-state index in [4.69, 9.17) is 5.73 Å². The van der Waals surface area contributed by atoms with Crippen LogP contribution in [0.4, 0.5) is 4.39 Å². The van der Waals surface area contributed by atoms with Crippen molar-refractivity contribution in [2.75, 3.05) is 39.8 Å². The van der Waals surface area contributed by atoms with E-state index in [1.165, 1.54) is 25.7 Å². The Morgan fingerprint density at radius 1 is 1.14 bits per heavy atom. The molecule has 0 aromatic rings. The number of hydrogen-bond acceptors (Lipinski definition) is 6. The van der Waals surface area contributed by atoms with E-state index in [9.17, 15) is 9.18 Å². The van der Waals surface area contributed by atoms with E-state index in [2.05, 4.69) is 46.9 Å². The fourth-order valence-electron chi connectivity index (χ4n) is 7.47. The zero-order chi connectivity index (χ0) is 24.9. The zero-order valence-corrected chi connectivity index (χ0v) is 22.4. The summed E-state index contributed by atoms with van der Waals surface area (Å²) in [4.78, 5) is 15.9. The summed E-state index contributed by atoms with van der Waals surface area (Å²) in [5.41, 5.74) is 9.36. The fraction of sp³-hybridized carbons (Fsp3) is 0.963. The Morgan fingerprint density at radius 2 is 1.91 bits per heavy atom. The van der Waals surface area contributed by atoms with Crippen molar-refractivity contribution in [3.05, 3.63) is 0 Å². The third-order valence-corrected chi connectivity index (χ3v) is 9.27. The molecule has 1 amide bonds. The fourth-order valence-corrected chi connectivity index (χ4v) is 7.47. The van der Waals surface area contributed by atoms with E-state index in [-0.39, 0.29) is 29.8 Å². The number of carbonyl (C=O) groups excluding carboxylic acids is 1. The summed E-state index contributed by atoms with van der Waals surface area (Å²) in [5.74, 6) is 2.07. The maximum Gasteiger partial charge on any atom is 0.223 e. The number of rotatable bonds is 9. The predicted octanol–water partition coefficient (Wildman–Crippen LogP) is 2.48. The van der Waals surface area contributed by atoms with Gasteiger partial charge in [-0.2, -0.15) is 0 Å². The van der Waals surface area contributed by atoms with Crippen molar-refractivity contribution in [1.29, 1.82) is 0 Å². The van der Waals surface area contributed by atoms with E-state index in [1.807, 2.05) is 0 Å². The smallest absolute Gasteiger partial charge is 0.223 e. The molecule has 35 heavy (non-hydrogen) atoms. The van der Waals surface area contributed by atoms with Crippen LogP contribution in [0.2, 0.25) is 0 Å². The number of nitrogens with two attached hydrogens (primary N) is 1. The highest BCUT2D eigenvalue weighted by atomic mass is 19.1. The monoisotopic (exact) mass is 494 g/mol. The van der Waals surface area contributed by atoms with Crippen LogP contribution in [0.3, 0.4) is 0 Å². The van der Waals surface area contributed by atoms with Gasteiger partial charge in [0, 0.05) is 56.6 Å². The molecule has 0 aromatic carbocycles. The van der Waals surface area contributed by atoms with Crippen LogP contribution < -0.4 is 21.8 Å². The summed E-state index contributed by atoms with van der Waals surface area (Å²) < 4.78 is 13.9. The van der Waals surface area contributed by atoms with Crippen molar-refractivity contribution in [1.82, 2.24) is 26.0 Å². The molecule has 4 aliphatic rings. The highest BCUT2D eigenvalue weighted by molar-refractivity contribution is 5.79. The number of halogens is 1. The van der Waals surface area contributed by atoms with Gasteiger partial charge in [0.15, 0.2) is 0 Å². The first-order valence-corrected chi connectivity index (χ1v) is 14.4. The normalized spacial score (nSPS) is 38.6. The molecule has 0 radical (unpaired) electrons. The molecule has 4 rings (SSSR count). The number of hydrogen-bond donors (Lipinski definition) is 4. The van der Waals surface area contributed by atoms with Crippen molar-refractivity contribution in [3.8, 4) is 0 Å². The van der Waals surface area contributed by atoms with E-state index in [0.717, 1.165) is 38.9 Å². The van der Waals surface area contributed by atoms with E-state index < -0.39 is 6.17 Å². The summed E-state index contributed by atoms with van der Waals surface area (Å²) in [7, 11) is 2.18. The molecular formula is C27H51FN6O. The largest absolute Gasteiger partial charge is 0.356 e. The zero-order valence-electron chi connectivity index (χ0n) is 22.4. The van der Waals surface area contributed by atoms with E-state index in [0.29, 0.717) is 49.9 Å². The number of hydrazine groups is 1. The summed E-state index contributed by atoms with van der Waals surface area (Å²) >= 11 is 0. The number of fused-ring (bicyclic) bond motifs is 1. The molecule has 2 aliphatic heterocycles. The Balaban J connectivity index is 1.41. The minimum atomic E-state index is -0.694. The molecule has 202 valence electrons. The van der Waals surface area contributed by atoms with Crippen molar-refractivity contribution < 1.29 is 9.18 Å². The summed E-state index contributed by atoms with van der Waals surface area (Å²) in [5, 5.41) is 9.62. The van der Waals surface area contributed by atoms with Crippen LogP contribution in [-0.2, 0) is 4.79 Å². The van der Waals surface area contributed by atoms with Crippen LogP contribution >= 0.6 is 0 Å². The first kappa shape index (κ1) is 27.2. The van der Waals surface area contributed by atoms with Crippen LogP contribution in [0.5, 0.6) is 0 Å². The number of nitrogens with one attached hydrogen (secondary N) is 3. The van der Waals surface area contributed by atoms with Crippen molar-refractivity contribution >= 4 is 5.91 Å². The number of carbonyl (C=O) groups is 1. The summed E-state index contributed by atoms with van der Waals surface area (Å²) in [6.07, 6.45) is 8.71. The lowest BCUT2D eigenvalue weighted by Crippen LogP contribution is -2.61. The van der Waals surface area contributed by atoms with Gasteiger partial charge in [-0.1, -0.05) is 12.8 Å². The van der Waals surface area contributed by atoms with E-state index in [1.54, 1.807) is 0 Å². The maximum atomic E-state index is 13.9. The molecule has 0 aromatic heterocycles. The minimum absolute atomic E-state index is 0.00699. The first-order chi connectivity index (χ1) is 16.9. The molecule has 2 saturated carbocycles. The molecule has 0 bridgehead atoms. The van der Waals surface area contributed by atoms with Gasteiger partial charge in [-0.05, 0) is 83.6 Å². The molecule has 2 saturated heterocycles. The van der Waals surface area contributed by atoms with Gasteiger partial charge < -0.3 is 16.0 Å². The Hall–Kier alpha value is -0.800. The lowest BCUT2D eigenvalue weighted by Gasteiger charge is -2.46. The lowest BCUT2D eigenvalue weighted by molar-refractivity contribution is -0.129. The second-order valence-corrected chi connectivity index (χ2v) is 12.3. The van der Waals surface area contributed by atoms with Gasteiger partial charge in [-0.3, -0.25) is 15.5 Å². The van der Waals surface area contributed by atoms with Crippen LogP contribution in [0.15, 0.2) is 0 Å². The third kappa shape index (κ3) is 6.95. The molecular weight excluding hydrogens is 443 g/mol. The molecule has 2 heterocycles. The molecule has 5 N–H and O–H groups in total. The quantitative estimate of drug-likeness (QED) is 0.394. The first-order valence-electron chi connectivity index (χ1n) is 14.4. The number of nitrogens with zero attached hydrogens (tertiary/aromatic N) is 2. The van der Waals surface area contributed by atoms with Crippen LogP contribution in [-0.4, -0.2) is 80.0 Å². The van der Waals surface area contributed by atoms with Gasteiger partial charge in [0.1, 0.15) is 6.17 Å². The van der Waals surface area contributed by atoms with Gasteiger partial charge in [-0.25, -0.2) is 9.40 Å². The van der Waals surface area contributed by atoms with Crippen LogP contribution in [0.1, 0.15) is 71.6 Å². The third-order valence-electron chi connectivity index (χ3n) is 9.27.